The average Bonchev–Trinajstić information content (AvgIpc) is 0. The fourth-order valence-electron chi connectivity index (χ4n) is 0. The van der Waals surface area contributed by atoms with Crippen molar-refractivity contribution < 1.29 is 104 Å². The number of hydrogen-bond acceptors (Lipinski definition) is 0. The third-order valence-electron chi connectivity index (χ3n) is 0. The Bertz CT molecular complexity index is 7.61. The van der Waals surface area contributed by atoms with Crippen LogP contribution in [0, 0.1) is 0 Å². The van der Waals surface area contributed by atoms with Crippen LogP contribution in [0.3, 0.4) is 0 Å². The minimum Gasteiger partial charge on any atom is -1.00 e. The smallest absolute Gasteiger partial charge is 1.00 e. The summed E-state index contributed by atoms with van der Waals surface area (Å²) in [5, 5.41) is 0. The first-order chi connectivity index (χ1) is 0. The molecule has 0 aliphatic carbocycles. The zero-order valence-electron chi connectivity index (χ0n) is 2.01. The van der Waals surface area contributed by atoms with Gasteiger partial charge in [0.1, 0.15) is 0 Å². The van der Waals surface area contributed by atoms with Gasteiger partial charge in [0.25, 0.3) is 0 Å². The van der Waals surface area contributed by atoms with Crippen LogP contribution in [0.15, 0.2) is 0 Å². The molecule has 0 nitrogen and oxygen atoms in total. The van der Waals surface area contributed by atoms with E-state index in [4.69, 9.17) is 0 Å². The van der Waals surface area contributed by atoms with E-state index in [1.54, 1.807) is 0 Å². The van der Waals surface area contributed by atoms with Crippen LogP contribution in [-0.2, 0) is 21.7 Å². The van der Waals surface area contributed by atoms with E-state index in [0.29, 0.717) is 0 Å². The molecule has 0 heterocycles. The Kier molecular flexibility index (Phi) is 230. The summed E-state index contributed by atoms with van der Waals surface area (Å²) in [6, 6.07) is 0. The summed E-state index contributed by atoms with van der Waals surface area (Å²) in [5.41, 5.74) is 0. The topological polar surface area (TPSA) is 0 Å². The third kappa shape index (κ3) is 19.1. The molecule has 0 aromatic heterocycles. The summed E-state index contributed by atoms with van der Waals surface area (Å²) in [4.78, 5) is 0. The van der Waals surface area contributed by atoms with Gasteiger partial charge in [-0.3, -0.25) is 0 Å². The molecule has 0 fully saturated rings. The Morgan fingerprint density at radius 1 is 0.600 bits per heavy atom. The average molecular weight is 461 g/mol. The SMILES string of the molecule is [Br-].[Br-].[I-].[I-].[Ti+2]. The van der Waals surface area contributed by atoms with Gasteiger partial charge in [-0.2, -0.15) is 0 Å². The van der Waals surface area contributed by atoms with Gasteiger partial charge in [0.15, 0.2) is 0 Å². The summed E-state index contributed by atoms with van der Waals surface area (Å²) < 4.78 is 0. The quantitative estimate of drug-likeness (QED) is 0.249. The van der Waals surface area contributed by atoms with Crippen LogP contribution in [-0.4, -0.2) is 0 Å². The summed E-state index contributed by atoms with van der Waals surface area (Å²) >= 11 is 0. The van der Waals surface area contributed by atoms with Crippen molar-refractivity contribution in [3.8, 4) is 0 Å². The molecular formula is Br2I2Ti-2. The van der Waals surface area contributed by atoms with E-state index in [1.165, 1.54) is 0 Å². The molecule has 0 bridgehead atoms. The van der Waals surface area contributed by atoms with E-state index in [2.05, 4.69) is 0 Å². The Morgan fingerprint density at radius 3 is 0.600 bits per heavy atom. The molecule has 0 aliphatic rings. The molecule has 0 radical (unpaired) electrons. The van der Waals surface area contributed by atoms with Gasteiger partial charge in [0.05, 0.1) is 0 Å². The number of halogens is 4. The molecule has 0 rings (SSSR count). The molecule has 0 aromatic rings. The van der Waals surface area contributed by atoms with Crippen LogP contribution in [0.4, 0.5) is 0 Å². The van der Waals surface area contributed by atoms with E-state index in [1.807, 2.05) is 0 Å². The summed E-state index contributed by atoms with van der Waals surface area (Å²) in [6.07, 6.45) is 0. The minimum absolute atomic E-state index is 0. The van der Waals surface area contributed by atoms with Gasteiger partial charge in [0.2, 0.25) is 0 Å². The van der Waals surface area contributed by atoms with Crippen LogP contribution in [0.1, 0.15) is 0 Å². The standard InChI is InChI=1S/2BrH.2HI.Ti/h4*1H;/q;;;;+2/p-4. The van der Waals surface area contributed by atoms with Gasteiger partial charge in [-0.05, 0) is 0 Å². The maximum Gasteiger partial charge on any atom is 2.00 e. The second-order valence-corrected chi connectivity index (χ2v) is 0. The van der Waals surface area contributed by atoms with E-state index in [-0.39, 0.29) is 104 Å². The molecule has 5 heavy (non-hydrogen) atoms. The van der Waals surface area contributed by atoms with Crippen LogP contribution in [0.2, 0.25) is 0 Å². The van der Waals surface area contributed by atoms with E-state index >= 15 is 0 Å². The second-order valence-electron chi connectivity index (χ2n) is 0. The molecule has 0 saturated carbocycles. The van der Waals surface area contributed by atoms with Gasteiger partial charge in [-0.15, -0.1) is 0 Å². The number of hydrogen-bond donors (Lipinski definition) is 0. The minimum atomic E-state index is 0. The van der Waals surface area contributed by atoms with Crippen molar-refractivity contribution in [2.24, 2.45) is 0 Å². The van der Waals surface area contributed by atoms with Crippen LogP contribution >= 0.6 is 0 Å². The molecular weight excluding hydrogens is 461 g/mol. The van der Waals surface area contributed by atoms with Crippen LogP contribution < -0.4 is 81.9 Å². The van der Waals surface area contributed by atoms with Crippen LogP contribution in [0.5, 0.6) is 0 Å². The maximum absolute atomic E-state index is 0. The Hall–Kier alpha value is 3.13. The first kappa shape index (κ1) is 42.1. The Morgan fingerprint density at radius 2 is 0.600 bits per heavy atom. The van der Waals surface area contributed by atoms with E-state index < -0.39 is 0 Å². The molecule has 0 amide bonds. The molecule has 0 atom stereocenters. The molecule has 0 aromatic carbocycles. The van der Waals surface area contributed by atoms with Crippen molar-refractivity contribution in [1.29, 1.82) is 0 Å². The molecule has 0 N–H and O–H groups in total. The summed E-state index contributed by atoms with van der Waals surface area (Å²) in [5.74, 6) is 0. The van der Waals surface area contributed by atoms with Crippen LogP contribution in [0.25, 0.3) is 0 Å². The van der Waals surface area contributed by atoms with Crippen molar-refractivity contribution in [2.75, 3.05) is 0 Å². The van der Waals surface area contributed by atoms with Gasteiger partial charge >= 0.3 is 21.7 Å². The van der Waals surface area contributed by atoms with Crippen molar-refractivity contribution >= 4 is 0 Å². The Balaban J connectivity index is 0. The van der Waals surface area contributed by atoms with Gasteiger partial charge in [-0.1, -0.05) is 0 Å². The van der Waals surface area contributed by atoms with Crippen molar-refractivity contribution in [3.05, 3.63) is 0 Å². The predicted octanol–water partition coefficient (Wildman–Crippen LogP) is -12.0. The molecule has 5 heteroatoms. The van der Waals surface area contributed by atoms with Crippen molar-refractivity contribution in [1.82, 2.24) is 0 Å². The molecule has 0 saturated heterocycles. The van der Waals surface area contributed by atoms with E-state index in [9.17, 15) is 0 Å². The molecule has 0 unspecified atom stereocenters. The fraction of sp³-hybridized carbons (Fsp3) is 0. The van der Waals surface area contributed by atoms with Gasteiger partial charge in [-0.25, -0.2) is 0 Å². The number of rotatable bonds is 0. The maximum atomic E-state index is 0. The first-order valence-corrected chi connectivity index (χ1v) is 0. The largest absolute Gasteiger partial charge is 2.00 e. The zero-order valence-corrected chi connectivity index (χ0v) is 11.1. The summed E-state index contributed by atoms with van der Waals surface area (Å²) in [7, 11) is 0. The summed E-state index contributed by atoms with van der Waals surface area (Å²) in [6.45, 7) is 0. The predicted molar refractivity (Wildman–Crippen MR) is 0 cm³/mol. The van der Waals surface area contributed by atoms with Gasteiger partial charge < -0.3 is 81.9 Å². The first-order valence-electron chi connectivity index (χ1n) is 0. The van der Waals surface area contributed by atoms with Gasteiger partial charge in [0, 0.05) is 0 Å². The molecule has 0 spiro atoms. The molecule has 0 aliphatic heterocycles. The molecule has 34 valence electrons. The third-order valence-corrected chi connectivity index (χ3v) is 0. The fourth-order valence-corrected chi connectivity index (χ4v) is 0. The Labute approximate surface area is 102 Å². The van der Waals surface area contributed by atoms with Crippen molar-refractivity contribution in [3.63, 3.8) is 0 Å². The second kappa shape index (κ2) is 27.3. The monoisotopic (exact) mass is 460 g/mol. The van der Waals surface area contributed by atoms with E-state index in [0.717, 1.165) is 0 Å². The normalized spacial score (nSPS) is 0. The zero-order chi connectivity index (χ0) is 0. The van der Waals surface area contributed by atoms with Crippen molar-refractivity contribution in [2.45, 2.75) is 0 Å².